The zero-order valence-corrected chi connectivity index (χ0v) is 11.2. The molecule has 0 atom stereocenters. The van der Waals surface area contributed by atoms with Gasteiger partial charge < -0.3 is 5.11 Å². The first-order valence-corrected chi connectivity index (χ1v) is 6.56. The zero-order valence-electron chi connectivity index (χ0n) is 11.2. The van der Waals surface area contributed by atoms with Crippen molar-refractivity contribution in [3.63, 3.8) is 0 Å². The van der Waals surface area contributed by atoms with E-state index in [0.717, 1.165) is 16.3 Å². The number of hydrogen-bond acceptors (Lipinski definition) is 2. The van der Waals surface area contributed by atoms with E-state index in [1.54, 1.807) is 0 Å². The molecule has 104 valence electrons. The maximum absolute atomic E-state index is 12.0. The van der Waals surface area contributed by atoms with Gasteiger partial charge in [0.25, 0.3) is 5.56 Å². The van der Waals surface area contributed by atoms with Crippen LogP contribution in [0.1, 0.15) is 16.1 Å². The van der Waals surface area contributed by atoms with E-state index in [9.17, 15) is 14.7 Å². The van der Waals surface area contributed by atoms with Gasteiger partial charge in [-0.05, 0) is 22.4 Å². The second-order valence-corrected chi connectivity index (χ2v) is 4.78. The van der Waals surface area contributed by atoms with Gasteiger partial charge in [0, 0.05) is 6.07 Å². The van der Waals surface area contributed by atoms with Crippen molar-refractivity contribution in [3.8, 4) is 0 Å². The summed E-state index contributed by atoms with van der Waals surface area (Å²) in [5, 5.41) is 11.3. The third-order valence-electron chi connectivity index (χ3n) is 3.48. The molecule has 1 heterocycles. The van der Waals surface area contributed by atoms with Crippen LogP contribution in [0, 0.1) is 0 Å². The van der Waals surface area contributed by atoms with E-state index >= 15 is 0 Å². The summed E-state index contributed by atoms with van der Waals surface area (Å²) < 4.78 is 1.28. The highest BCUT2D eigenvalue weighted by atomic mass is 16.4. The summed E-state index contributed by atoms with van der Waals surface area (Å²) in [6, 6.07) is 17.9. The Labute approximate surface area is 120 Å². The van der Waals surface area contributed by atoms with Crippen LogP contribution in [0.25, 0.3) is 10.8 Å². The van der Waals surface area contributed by atoms with Gasteiger partial charge in [0.05, 0.1) is 6.54 Å². The Hall–Kier alpha value is -2.88. The molecule has 4 heteroatoms. The summed E-state index contributed by atoms with van der Waals surface area (Å²) in [6.07, 6.45) is 0. The molecule has 3 aromatic rings. The zero-order chi connectivity index (χ0) is 14.8. The number of carbonyl (C=O) groups is 1. The van der Waals surface area contributed by atoms with Crippen molar-refractivity contribution in [3.05, 3.63) is 82.3 Å². The first-order chi connectivity index (χ1) is 10.2. The first kappa shape index (κ1) is 13.1. The molecule has 0 saturated heterocycles. The predicted molar refractivity (Wildman–Crippen MR) is 80.7 cm³/mol. The molecule has 2 aromatic carbocycles. The maximum atomic E-state index is 12.0. The summed E-state index contributed by atoms with van der Waals surface area (Å²) in [6.45, 7) is 0.239. The summed E-state index contributed by atoms with van der Waals surface area (Å²) in [5.74, 6) is -1.10. The molecular weight excluding hydrogens is 266 g/mol. The van der Waals surface area contributed by atoms with Gasteiger partial charge in [0.1, 0.15) is 5.69 Å². The minimum atomic E-state index is -1.10. The fraction of sp³-hybridized carbons (Fsp3) is 0.0588. The van der Waals surface area contributed by atoms with Crippen LogP contribution >= 0.6 is 0 Å². The first-order valence-electron chi connectivity index (χ1n) is 6.56. The van der Waals surface area contributed by atoms with Gasteiger partial charge in [-0.3, -0.25) is 9.36 Å². The van der Waals surface area contributed by atoms with Gasteiger partial charge in [-0.2, -0.15) is 0 Å². The lowest BCUT2D eigenvalue weighted by atomic mass is 10.0. The van der Waals surface area contributed by atoms with Crippen LogP contribution in [0.5, 0.6) is 0 Å². The normalized spacial score (nSPS) is 10.7. The van der Waals surface area contributed by atoms with Crippen molar-refractivity contribution < 1.29 is 9.90 Å². The molecule has 0 radical (unpaired) electrons. The highest BCUT2D eigenvalue weighted by Gasteiger charge is 2.11. The second kappa shape index (κ2) is 5.25. The number of nitrogens with zero attached hydrogens (tertiary/aromatic N) is 1. The van der Waals surface area contributed by atoms with Gasteiger partial charge in [-0.25, -0.2) is 4.79 Å². The Kier molecular flexibility index (Phi) is 3.28. The van der Waals surface area contributed by atoms with Crippen LogP contribution in [0.15, 0.2) is 65.5 Å². The van der Waals surface area contributed by atoms with Gasteiger partial charge in [-0.1, -0.05) is 48.5 Å². The number of pyridine rings is 1. The molecule has 0 aliphatic rings. The van der Waals surface area contributed by atoms with Gasteiger partial charge in [0.2, 0.25) is 0 Å². The Morgan fingerprint density at radius 2 is 1.67 bits per heavy atom. The molecule has 0 bridgehead atoms. The summed E-state index contributed by atoms with van der Waals surface area (Å²) >= 11 is 0. The smallest absolute Gasteiger partial charge is 0.352 e. The van der Waals surface area contributed by atoms with Crippen molar-refractivity contribution in [1.82, 2.24) is 4.57 Å². The van der Waals surface area contributed by atoms with Crippen LogP contribution < -0.4 is 5.56 Å². The minimum Gasteiger partial charge on any atom is -0.477 e. The average Bonchev–Trinajstić information content (AvgIpc) is 2.49. The number of carboxylic acids is 1. The van der Waals surface area contributed by atoms with E-state index in [2.05, 4.69) is 0 Å². The van der Waals surface area contributed by atoms with Crippen molar-refractivity contribution in [2.75, 3.05) is 0 Å². The van der Waals surface area contributed by atoms with E-state index in [1.165, 1.54) is 22.8 Å². The van der Waals surface area contributed by atoms with Crippen molar-refractivity contribution in [1.29, 1.82) is 0 Å². The number of aromatic carboxylic acids is 1. The summed E-state index contributed by atoms with van der Waals surface area (Å²) in [5.41, 5.74) is 0.599. The van der Waals surface area contributed by atoms with Crippen molar-refractivity contribution >= 4 is 16.7 Å². The van der Waals surface area contributed by atoms with E-state index in [0.29, 0.717) is 0 Å². The molecule has 0 spiro atoms. The molecule has 0 saturated carbocycles. The van der Waals surface area contributed by atoms with Crippen LogP contribution in [-0.2, 0) is 6.54 Å². The highest BCUT2D eigenvalue weighted by molar-refractivity contribution is 5.87. The Morgan fingerprint density at radius 1 is 0.952 bits per heavy atom. The fourth-order valence-corrected chi connectivity index (χ4v) is 2.47. The lowest BCUT2D eigenvalue weighted by Gasteiger charge is -2.11. The lowest BCUT2D eigenvalue weighted by Crippen LogP contribution is -2.25. The van der Waals surface area contributed by atoms with Crippen LogP contribution in [0.4, 0.5) is 0 Å². The lowest BCUT2D eigenvalue weighted by molar-refractivity contribution is 0.0684. The van der Waals surface area contributed by atoms with E-state index in [4.69, 9.17) is 0 Å². The molecule has 3 rings (SSSR count). The monoisotopic (exact) mass is 279 g/mol. The van der Waals surface area contributed by atoms with E-state index in [1.807, 2.05) is 42.5 Å². The average molecular weight is 279 g/mol. The van der Waals surface area contributed by atoms with Crippen molar-refractivity contribution in [2.45, 2.75) is 6.54 Å². The number of rotatable bonds is 3. The van der Waals surface area contributed by atoms with E-state index < -0.39 is 5.97 Å². The molecule has 0 aliphatic heterocycles. The number of carboxylic acid groups (broad SMARTS) is 1. The Balaban J connectivity index is 2.16. The molecule has 1 aromatic heterocycles. The maximum Gasteiger partial charge on any atom is 0.352 e. The fourth-order valence-electron chi connectivity index (χ4n) is 2.47. The molecule has 0 aliphatic carbocycles. The number of fused-ring (bicyclic) bond motifs is 1. The third-order valence-corrected chi connectivity index (χ3v) is 3.48. The standard InChI is InChI=1S/C17H13NO3/c19-16-10-4-9-15(17(20)21)18(16)11-13-7-3-6-12-5-1-2-8-14(12)13/h1-10H,11H2,(H,20,21). The van der Waals surface area contributed by atoms with Crippen LogP contribution in [0.3, 0.4) is 0 Å². The quantitative estimate of drug-likeness (QED) is 0.802. The topological polar surface area (TPSA) is 59.3 Å². The van der Waals surface area contributed by atoms with Crippen LogP contribution in [0.2, 0.25) is 0 Å². The Bertz CT molecular complexity index is 875. The molecule has 0 fully saturated rings. The van der Waals surface area contributed by atoms with E-state index in [-0.39, 0.29) is 17.8 Å². The minimum absolute atomic E-state index is 0.00423. The molecule has 21 heavy (non-hydrogen) atoms. The second-order valence-electron chi connectivity index (χ2n) is 4.78. The van der Waals surface area contributed by atoms with Gasteiger partial charge in [0.15, 0.2) is 0 Å². The van der Waals surface area contributed by atoms with Gasteiger partial charge >= 0.3 is 5.97 Å². The summed E-state index contributed by atoms with van der Waals surface area (Å²) in [4.78, 5) is 23.3. The molecule has 0 unspecified atom stereocenters. The number of benzene rings is 2. The predicted octanol–water partition coefficient (Wildman–Crippen LogP) is 2.75. The highest BCUT2D eigenvalue weighted by Crippen LogP contribution is 2.19. The number of hydrogen-bond donors (Lipinski definition) is 1. The Morgan fingerprint density at radius 3 is 2.48 bits per heavy atom. The van der Waals surface area contributed by atoms with Crippen LogP contribution in [-0.4, -0.2) is 15.6 Å². The SMILES string of the molecule is O=C(O)c1cccc(=O)n1Cc1cccc2ccccc12. The largest absolute Gasteiger partial charge is 0.477 e. The third kappa shape index (κ3) is 2.43. The molecular formula is C17H13NO3. The number of aromatic nitrogens is 1. The van der Waals surface area contributed by atoms with Gasteiger partial charge in [-0.15, -0.1) is 0 Å². The molecule has 0 amide bonds. The molecule has 4 nitrogen and oxygen atoms in total. The van der Waals surface area contributed by atoms with Crippen molar-refractivity contribution in [2.24, 2.45) is 0 Å². The molecule has 1 N–H and O–H groups in total. The summed E-state index contributed by atoms with van der Waals surface area (Å²) in [7, 11) is 0.